The van der Waals surface area contributed by atoms with Crippen molar-refractivity contribution >= 4 is 10.0 Å². The maximum absolute atomic E-state index is 11.9. The van der Waals surface area contributed by atoms with Crippen molar-refractivity contribution in [1.29, 1.82) is 0 Å². The maximum Gasteiger partial charge on any atom is 0.240 e. The zero-order valence-electron chi connectivity index (χ0n) is 11.1. The zero-order valence-corrected chi connectivity index (χ0v) is 11.9. The van der Waals surface area contributed by atoms with E-state index in [9.17, 15) is 8.42 Å². The van der Waals surface area contributed by atoms with Gasteiger partial charge in [-0.05, 0) is 37.5 Å². The number of aliphatic hydroxyl groups is 1. The number of hydrogen-bond acceptors (Lipinski definition) is 4. The van der Waals surface area contributed by atoms with Gasteiger partial charge >= 0.3 is 0 Å². The predicted molar refractivity (Wildman–Crippen MR) is 73.5 cm³/mol. The Labute approximate surface area is 114 Å². The van der Waals surface area contributed by atoms with E-state index in [4.69, 9.17) is 9.84 Å². The van der Waals surface area contributed by atoms with Crippen LogP contribution in [0.2, 0.25) is 0 Å². The molecule has 1 aromatic rings. The Morgan fingerprint density at radius 3 is 2.53 bits per heavy atom. The Kier molecular flexibility index (Phi) is 7.01. The normalized spacial score (nSPS) is 11.7. The molecule has 1 aromatic carbocycles. The molecule has 0 radical (unpaired) electrons. The molecule has 0 aliphatic carbocycles. The second-order valence-electron chi connectivity index (χ2n) is 4.07. The molecule has 0 fully saturated rings. The van der Waals surface area contributed by atoms with Crippen LogP contribution in [0.4, 0.5) is 0 Å². The van der Waals surface area contributed by atoms with E-state index in [1.54, 1.807) is 24.3 Å². The first-order valence-electron chi connectivity index (χ1n) is 6.37. The highest BCUT2D eigenvalue weighted by Gasteiger charge is 2.12. The second kappa shape index (κ2) is 8.27. The van der Waals surface area contributed by atoms with Gasteiger partial charge in [0, 0.05) is 19.8 Å². The maximum atomic E-state index is 11.9. The number of aliphatic hydroxyl groups excluding tert-OH is 1. The summed E-state index contributed by atoms with van der Waals surface area (Å²) in [5.74, 6) is 0. The third kappa shape index (κ3) is 5.69. The average Bonchev–Trinajstić information content (AvgIpc) is 2.42. The first-order valence-corrected chi connectivity index (χ1v) is 7.85. The fourth-order valence-corrected chi connectivity index (χ4v) is 2.61. The summed E-state index contributed by atoms with van der Waals surface area (Å²) < 4.78 is 31.4. The summed E-state index contributed by atoms with van der Waals surface area (Å²) in [5.41, 5.74) is 1.02. The molecule has 0 amide bonds. The fraction of sp³-hybridized carbons (Fsp3) is 0.538. The van der Waals surface area contributed by atoms with Gasteiger partial charge < -0.3 is 9.84 Å². The molecule has 0 spiro atoms. The molecule has 0 atom stereocenters. The van der Waals surface area contributed by atoms with Crippen molar-refractivity contribution in [3.05, 3.63) is 29.8 Å². The van der Waals surface area contributed by atoms with Crippen molar-refractivity contribution in [1.82, 2.24) is 4.72 Å². The Morgan fingerprint density at radius 2 is 1.95 bits per heavy atom. The predicted octanol–water partition coefficient (Wildman–Crippen LogP) is 0.926. The Balaban J connectivity index is 2.58. The van der Waals surface area contributed by atoms with Crippen LogP contribution < -0.4 is 4.72 Å². The van der Waals surface area contributed by atoms with Gasteiger partial charge in [-0.3, -0.25) is 0 Å². The number of aryl methyl sites for hydroxylation is 1. The second-order valence-corrected chi connectivity index (χ2v) is 5.83. The number of sulfonamides is 1. The fourth-order valence-electron chi connectivity index (χ4n) is 1.59. The van der Waals surface area contributed by atoms with E-state index in [0.29, 0.717) is 19.6 Å². The summed E-state index contributed by atoms with van der Waals surface area (Å²) in [4.78, 5) is 0.247. The quantitative estimate of drug-likeness (QED) is 0.662. The zero-order chi connectivity index (χ0) is 14.1. The SMILES string of the molecule is CCOCCNS(=O)(=O)c1ccc(CCCO)cc1. The third-order valence-electron chi connectivity index (χ3n) is 2.60. The Bertz CT molecular complexity index is 456. The lowest BCUT2D eigenvalue weighted by Crippen LogP contribution is -2.27. The molecule has 19 heavy (non-hydrogen) atoms. The van der Waals surface area contributed by atoms with Gasteiger partial charge in [0.1, 0.15) is 0 Å². The van der Waals surface area contributed by atoms with Crippen molar-refractivity contribution < 1.29 is 18.3 Å². The van der Waals surface area contributed by atoms with E-state index in [1.807, 2.05) is 6.92 Å². The summed E-state index contributed by atoms with van der Waals surface area (Å²) in [6.45, 7) is 3.20. The van der Waals surface area contributed by atoms with Gasteiger partial charge in [-0.1, -0.05) is 12.1 Å². The van der Waals surface area contributed by atoms with Gasteiger partial charge in [0.05, 0.1) is 11.5 Å². The minimum atomic E-state index is -3.46. The van der Waals surface area contributed by atoms with Crippen molar-refractivity contribution in [2.45, 2.75) is 24.7 Å². The highest BCUT2D eigenvalue weighted by atomic mass is 32.2. The number of nitrogens with one attached hydrogen (secondary N) is 1. The first-order chi connectivity index (χ1) is 9.10. The highest BCUT2D eigenvalue weighted by Crippen LogP contribution is 2.11. The van der Waals surface area contributed by atoms with E-state index in [0.717, 1.165) is 12.0 Å². The number of hydrogen-bond donors (Lipinski definition) is 2. The van der Waals surface area contributed by atoms with Crippen molar-refractivity contribution in [2.24, 2.45) is 0 Å². The molecule has 0 aliphatic heterocycles. The molecular weight excluding hydrogens is 266 g/mol. The van der Waals surface area contributed by atoms with E-state index in [2.05, 4.69) is 4.72 Å². The van der Waals surface area contributed by atoms with Gasteiger partial charge in [0.25, 0.3) is 0 Å². The van der Waals surface area contributed by atoms with Gasteiger partial charge in [0.2, 0.25) is 10.0 Å². The van der Waals surface area contributed by atoms with Crippen LogP contribution >= 0.6 is 0 Å². The third-order valence-corrected chi connectivity index (χ3v) is 4.08. The molecule has 108 valence electrons. The molecule has 5 nitrogen and oxygen atoms in total. The first kappa shape index (κ1) is 16.1. The molecule has 0 saturated heterocycles. The van der Waals surface area contributed by atoms with Crippen molar-refractivity contribution in [2.75, 3.05) is 26.4 Å². The van der Waals surface area contributed by atoms with Crippen LogP contribution in [0.1, 0.15) is 18.9 Å². The molecule has 0 aliphatic rings. The molecule has 2 N–H and O–H groups in total. The van der Waals surface area contributed by atoms with Gasteiger partial charge in [-0.2, -0.15) is 0 Å². The monoisotopic (exact) mass is 287 g/mol. The van der Waals surface area contributed by atoms with Crippen LogP contribution in [0.25, 0.3) is 0 Å². The van der Waals surface area contributed by atoms with E-state index < -0.39 is 10.0 Å². The molecule has 1 rings (SSSR count). The van der Waals surface area contributed by atoms with E-state index in [-0.39, 0.29) is 18.0 Å². The lowest BCUT2D eigenvalue weighted by molar-refractivity contribution is 0.153. The summed E-state index contributed by atoms with van der Waals surface area (Å²) in [6, 6.07) is 6.70. The molecule has 0 unspecified atom stereocenters. The number of rotatable bonds is 9. The van der Waals surface area contributed by atoms with Crippen LogP contribution in [0.15, 0.2) is 29.2 Å². The molecule has 0 saturated carbocycles. The van der Waals surface area contributed by atoms with Gasteiger partial charge in [-0.25, -0.2) is 13.1 Å². The number of ether oxygens (including phenoxy) is 1. The van der Waals surface area contributed by atoms with Gasteiger partial charge in [-0.15, -0.1) is 0 Å². The standard InChI is InChI=1S/C13H21NO4S/c1-2-18-11-9-14-19(16,17)13-7-5-12(6-8-13)4-3-10-15/h5-8,14-15H,2-4,9-11H2,1H3. The molecule has 6 heteroatoms. The lowest BCUT2D eigenvalue weighted by Gasteiger charge is -2.07. The summed E-state index contributed by atoms with van der Waals surface area (Å²) in [6.07, 6.45) is 1.42. The van der Waals surface area contributed by atoms with Crippen LogP contribution in [0.3, 0.4) is 0 Å². The van der Waals surface area contributed by atoms with Crippen molar-refractivity contribution in [3.63, 3.8) is 0 Å². The molecule has 0 aromatic heterocycles. The molecule has 0 heterocycles. The lowest BCUT2D eigenvalue weighted by atomic mass is 10.1. The topological polar surface area (TPSA) is 75.6 Å². The van der Waals surface area contributed by atoms with Crippen LogP contribution in [-0.4, -0.2) is 39.9 Å². The number of benzene rings is 1. The van der Waals surface area contributed by atoms with Gasteiger partial charge in [0.15, 0.2) is 0 Å². The minimum absolute atomic E-state index is 0.138. The molecular formula is C13H21NO4S. The molecule has 0 bridgehead atoms. The van der Waals surface area contributed by atoms with Crippen LogP contribution in [0, 0.1) is 0 Å². The summed E-state index contributed by atoms with van der Waals surface area (Å²) in [5, 5.41) is 8.73. The van der Waals surface area contributed by atoms with Crippen LogP contribution in [0.5, 0.6) is 0 Å². The van der Waals surface area contributed by atoms with Crippen molar-refractivity contribution in [3.8, 4) is 0 Å². The van der Waals surface area contributed by atoms with E-state index >= 15 is 0 Å². The Hall–Kier alpha value is -0.950. The summed E-state index contributed by atoms with van der Waals surface area (Å²) >= 11 is 0. The van der Waals surface area contributed by atoms with E-state index in [1.165, 1.54) is 0 Å². The highest BCUT2D eigenvalue weighted by molar-refractivity contribution is 7.89. The smallest absolute Gasteiger partial charge is 0.240 e. The minimum Gasteiger partial charge on any atom is -0.396 e. The Morgan fingerprint density at radius 1 is 1.26 bits per heavy atom. The van der Waals surface area contributed by atoms with Crippen LogP contribution in [-0.2, 0) is 21.2 Å². The summed E-state index contributed by atoms with van der Waals surface area (Å²) in [7, 11) is -3.46. The average molecular weight is 287 g/mol. The largest absolute Gasteiger partial charge is 0.396 e.